The first-order valence-corrected chi connectivity index (χ1v) is 9.39. The van der Waals surface area contributed by atoms with Gasteiger partial charge in [-0.1, -0.05) is 23.5 Å². The molecule has 0 aliphatic rings. The van der Waals surface area contributed by atoms with Crippen molar-refractivity contribution in [1.82, 2.24) is 19.8 Å². The lowest BCUT2D eigenvalue weighted by atomic mass is 10.2. The Hall–Kier alpha value is -3.00. The molecule has 6 nitrogen and oxygen atoms in total. The van der Waals surface area contributed by atoms with Gasteiger partial charge in [-0.05, 0) is 44.2 Å². The molecule has 0 spiro atoms. The maximum atomic E-state index is 13.5. The third kappa shape index (κ3) is 3.35. The van der Waals surface area contributed by atoms with Crippen molar-refractivity contribution in [2.45, 2.75) is 13.8 Å². The highest BCUT2D eigenvalue weighted by Gasteiger charge is 2.16. The van der Waals surface area contributed by atoms with Gasteiger partial charge in [0.25, 0.3) is 0 Å². The molecule has 0 saturated carbocycles. The normalized spacial score (nSPS) is 11.1. The average molecular weight is 384 g/mol. The van der Waals surface area contributed by atoms with E-state index in [1.54, 1.807) is 16.6 Å². The Morgan fingerprint density at radius 3 is 2.56 bits per heavy atom. The molecule has 4 rings (SSSR count). The maximum Gasteiger partial charge on any atom is 0.235 e. The second kappa shape index (κ2) is 7.32. The van der Waals surface area contributed by atoms with Gasteiger partial charge in [-0.25, -0.2) is 4.39 Å². The van der Waals surface area contributed by atoms with E-state index in [1.165, 1.54) is 23.5 Å². The van der Waals surface area contributed by atoms with Crippen LogP contribution in [0.2, 0.25) is 0 Å². The lowest BCUT2D eigenvalue weighted by Crippen LogP contribution is -1.98. The monoisotopic (exact) mass is 384 g/mol. The van der Waals surface area contributed by atoms with Crippen molar-refractivity contribution in [1.29, 1.82) is 0 Å². The zero-order chi connectivity index (χ0) is 18.8. The van der Waals surface area contributed by atoms with Crippen molar-refractivity contribution >= 4 is 16.3 Å². The zero-order valence-electron chi connectivity index (χ0n) is 14.8. The summed E-state index contributed by atoms with van der Waals surface area (Å²) in [5.74, 6) is 1.55. The fourth-order valence-corrected chi connectivity index (χ4v) is 3.56. The molecule has 0 saturated heterocycles. The molecule has 0 amide bonds. The number of aromatic nitrogens is 4. The lowest BCUT2D eigenvalue weighted by molar-refractivity contribution is 0.288. The van der Waals surface area contributed by atoms with Gasteiger partial charge in [-0.2, -0.15) is 9.61 Å². The highest BCUT2D eigenvalue weighted by molar-refractivity contribution is 7.19. The molecule has 0 atom stereocenters. The first-order chi connectivity index (χ1) is 13.2. The standard InChI is InChI=1S/C19H17FN4O2S/c1-3-25-15-9-8-13(11-16(15)26-4-2)18-23-24-17(21-22-19(24)27-18)12-6-5-7-14(20)10-12/h5-11H,3-4H2,1-2H3. The van der Waals surface area contributed by atoms with E-state index < -0.39 is 0 Å². The van der Waals surface area contributed by atoms with Crippen LogP contribution in [0.4, 0.5) is 4.39 Å². The number of hydrogen-bond donors (Lipinski definition) is 0. The largest absolute Gasteiger partial charge is 0.490 e. The maximum absolute atomic E-state index is 13.5. The summed E-state index contributed by atoms with van der Waals surface area (Å²) in [6, 6.07) is 11.9. The summed E-state index contributed by atoms with van der Waals surface area (Å²) in [4.78, 5) is 0.635. The minimum absolute atomic E-state index is 0.326. The molecule has 0 radical (unpaired) electrons. The van der Waals surface area contributed by atoms with Crippen LogP contribution in [0.15, 0.2) is 42.5 Å². The molecule has 2 aromatic carbocycles. The SMILES string of the molecule is CCOc1ccc(-c2nn3c(-c4cccc(F)c4)nnc3s2)cc1OCC. The molecule has 2 heterocycles. The second-order valence-electron chi connectivity index (χ2n) is 5.66. The van der Waals surface area contributed by atoms with Crippen LogP contribution in [0, 0.1) is 5.82 Å². The molecular formula is C19H17FN4O2S. The van der Waals surface area contributed by atoms with E-state index in [0.717, 1.165) is 10.6 Å². The van der Waals surface area contributed by atoms with Crippen LogP contribution in [-0.2, 0) is 0 Å². The van der Waals surface area contributed by atoms with Crippen molar-refractivity contribution in [3.05, 3.63) is 48.3 Å². The van der Waals surface area contributed by atoms with Crippen molar-refractivity contribution in [2.75, 3.05) is 13.2 Å². The summed E-state index contributed by atoms with van der Waals surface area (Å²) in [6.07, 6.45) is 0. The van der Waals surface area contributed by atoms with Gasteiger partial charge in [0, 0.05) is 11.1 Å². The van der Waals surface area contributed by atoms with Crippen LogP contribution >= 0.6 is 11.3 Å². The molecule has 8 heteroatoms. The fraction of sp³-hybridized carbons (Fsp3) is 0.211. The van der Waals surface area contributed by atoms with Gasteiger partial charge in [0.1, 0.15) is 10.8 Å². The fourth-order valence-electron chi connectivity index (χ4n) is 2.73. The van der Waals surface area contributed by atoms with E-state index in [2.05, 4.69) is 15.3 Å². The first kappa shape index (κ1) is 17.4. The van der Waals surface area contributed by atoms with E-state index in [1.807, 2.05) is 32.0 Å². The highest BCUT2D eigenvalue weighted by Crippen LogP contribution is 2.35. The minimum atomic E-state index is -0.326. The van der Waals surface area contributed by atoms with Crippen LogP contribution in [0.25, 0.3) is 26.9 Å². The van der Waals surface area contributed by atoms with E-state index in [4.69, 9.17) is 9.47 Å². The minimum Gasteiger partial charge on any atom is -0.490 e. The smallest absolute Gasteiger partial charge is 0.235 e. The Morgan fingerprint density at radius 2 is 1.78 bits per heavy atom. The summed E-state index contributed by atoms with van der Waals surface area (Å²) >= 11 is 1.40. The average Bonchev–Trinajstić information content (AvgIpc) is 3.24. The van der Waals surface area contributed by atoms with E-state index in [-0.39, 0.29) is 5.82 Å². The molecule has 0 unspecified atom stereocenters. The number of fused-ring (bicyclic) bond motifs is 1. The van der Waals surface area contributed by atoms with Gasteiger partial charge in [0.05, 0.1) is 13.2 Å². The Labute approximate surface area is 159 Å². The van der Waals surface area contributed by atoms with Crippen molar-refractivity contribution < 1.29 is 13.9 Å². The molecule has 138 valence electrons. The van der Waals surface area contributed by atoms with Gasteiger partial charge in [-0.15, -0.1) is 10.2 Å². The zero-order valence-corrected chi connectivity index (χ0v) is 15.7. The summed E-state index contributed by atoms with van der Waals surface area (Å²) < 4.78 is 26.5. The lowest BCUT2D eigenvalue weighted by Gasteiger charge is -2.11. The van der Waals surface area contributed by atoms with Gasteiger partial charge in [0.15, 0.2) is 17.3 Å². The van der Waals surface area contributed by atoms with Crippen LogP contribution in [0.1, 0.15) is 13.8 Å². The molecule has 0 aliphatic carbocycles. The third-order valence-electron chi connectivity index (χ3n) is 3.86. The van der Waals surface area contributed by atoms with E-state index in [9.17, 15) is 4.39 Å². The molecule has 0 N–H and O–H groups in total. The number of ether oxygens (including phenoxy) is 2. The second-order valence-corrected chi connectivity index (χ2v) is 6.62. The number of rotatable bonds is 6. The van der Waals surface area contributed by atoms with E-state index >= 15 is 0 Å². The molecule has 0 bridgehead atoms. The highest BCUT2D eigenvalue weighted by atomic mass is 32.1. The molecule has 27 heavy (non-hydrogen) atoms. The molecular weight excluding hydrogens is 367 g/mol. The molecule has 0 fully saturated rings. The van der Waals surface area contributed by atoms with Gasteiger partial charge in [0.2, 0.25) is 4.96 Å². The summed E-state index contributed by atoms with van der Waals surface area (Å²) in [7, 11) is 0. The van der Waals surface area contributed by atoms with Gasteiger partial charge in [-0.3, -0.25) is 0 Å². The summed E-state index contributed by atoms with van der Waals surface area (Å²) in [5, 5.41) is 13.7. The Kier molecular flexibility index (Phi) is 4.72. The quantitative estimate of drug-likeness (QED) is 0.491. The van der Waals surface area contributed by atoms with Crippen molar-refractivity contribution in [3.63, 3.8) is 0 Å². The van der Waals surface area contributed by atoms with Crippen LogP contribution in [0.5, 0.6) is 11.5 Å². The molecule has 2 aromatic heterocycles. The Morgan fingerprint density at radius 1 is 0.963 bits per heavy atom. The van der Waals surface area contributed by atoms with Crippen LogP contribution in [0.3, 0.4) is 0 Å². The Balaban J connectivity index is 1.76. The number of nitrogens with zero attached hydrogens (tertiary/aromatic N) is 4. The van der Waals surface area contributed by atoms with Gasteiger partial charge >= 0.3 is 0 Å². The Bertz CT molecular complexity index is 1090. The predicted octanol–water partition coefficient (Wildman–Crippen LogP) is 4.46. The van der Waals surface area contributed by atoms with Gasteiger partial charge < -0.3 is 9.47 Å². The van der Waals surface area contributed by atoms with Crippen molar-refractivity contribution in [2.24, 2.45) is 0 Å². The topological polar surface area (TPSA) is 61.5 Å². The number of halogens is 1. The predicted molar refractivity (Wildman–Crippen MR) is 102 cm³/mol. The first-order valence-electron chi connectivity index (χ1n) is 8.57. The van der Waals surface area contributed by atoms with Crippen LogP contribution < -0.4 is 9.47 Å². The third-order valence-corrected chi connectivity index (χ3v) is 4.81. The number of benzene rings is 2. The van der Waals surface area contributed by atoms with E-state index in [0.29, 0.717) is 41.1 Å². The molecule has 0 aliphatic heterocycles. The summed E-state index contributed by atoms with van der Waals surface area (Å²) in [5.41, 5.74) is 1.52. The van der Waals surface area contributed by atoms with Crippen LogP contribution in [-0.4, -0.2) is 33.0 Å². The number of hydrogen-bond acceptors (Lipinski definition) is 6. The molecule has 4 aromatic rings. The summed E-state index contributed by atoms with van der Waals surface area (Å²) in [6.45, 7) is 4.96. The van der Waals surface area contributed by atoms with Crippen molar-refractivity contribution in [3.8, 4) is 33.5 Å².